The van der Waals surface area contributed by atoms with Crippen molar-refractivity contribution in [2.45, 2.75) is 19.9 Å². The molecule has 2 aromatic rings. The number of aromatic amines is 1. The van der Waals surface area contributed by atoms with Gasteiger partial charge in [0.25, 0.3) is 0 Å². The van der Waals surface area contributed by atoms with Crippen LogP contribution in [0.1, 0.15) is 17.8 Å². The van der Waals surface area contributed by atoms with E-state index >= 15 is 0 Å². The van der Waals surface area contributed by atoms with Gasteiger partial charge in [-0.1, -0.05) is 6.07 Å². The predicted molar refractivity (Wildman–Crippen MR) is 76.1 cm³/mol. The van der Waals surface area contributed by atoms with Crippen LogP contribution in [-0.4, -0.2) is 41.7 Å². The molecule has 0 bridgehead atoms. The molecule has 1 fully saturated rings. The number of rotatable bonds is 4. The minimum Gasteiger partial charge on any atom is -0.381 e. The molecule has 1 aliphatic heterocycles. The van der Waals surface area contributed by atoms with Crippen LogP contribution in [0.4, 0.5) is 0 Å². The number of benzene rings is 1. The molecular formula is C15H21N3O. The van der Waals surface area contributed by atoms with E-state index < -0.39 is 0 Å². The van der Waals surface area contributed by atoms with E-state index in [0.29, 0.717) is 5.92 Å². The van der Waals surface area contributed by atoms with Gasteiger partial charge < -0.3 is 9.72 Å². The van der Waals surface area contributed by atoms with Crippen molar-refractivity contribution < 1.29 is 4.74 Å². The third-order valence-electron chi connectivity index (χ3n) is 3.70. The van der Waals surface area contributed by atoms with Crippen molar-refractivity contribution in [1.29, 1.82) is 0 Å². The number of ether oxygens (including phenoxy) is 1. The molecule has 0 amide bonds. The van der Waals surface area contributed by atoms with Crippen molar-refractivity contribution in [2.75, 3.05) is 26.8 Å². The highest BCUT2D eigenvalue weighted by Crippen LogP contribution is 2.16. The first-order valence-corrected chi connectivity index (χ1v) is 6.92. The fourth-order valence-corrected chi connectivity index (χ4v) is 2.74. The lowest BCUT2D eigenvalue weighted by atomic mass is 10.1. The summed E-state index contributed by atoms with van der Waals surface area (Å²) in [5, 5.41) is 0. The maximum atomic E-state index is 5.42. The average molecular weight is 259 g/mol. The Kier molecular flexibility index (Phi) is 3.53. The number of aromatic nitrogens is 2. The number of aryl methyl sites for hydroxylation is 1. The van der Waals surface area contributed by atoms with Crippen LogP contribution in [0.15, 0.2) is 18.2 Å². The highest BCUT2D eigenvalue weighted by Gasteiger charge is 2.18. The topological polar surface area (TPSA) is 41.2 Å². The Bertz CT molecular complexity index is 558. The van der Waals surface area contributed by atoms with E-state index in [2.05, 4.69) is 47.0 Å². The highest BCUT2D eigenvalue weighted by atomic mass is 16.5. The van der Waals surface area contributed by atoms with Crippen LogP contribution in [0.2, 0.25) is 0 Å². The summed E-state index contributed by atoms with van der Waals surface area (Å²) in [7, 11) is 2.15. The molecule has 1 saturated heterocycles. The number of fused-ring (bicyclic) bond motifs is 1. The number of hydrogen-bond acceptors (Lipinski definition) is 3. The van der Waals surface area contributed by atoms with Crippen molar-refractivity contribution in [3.05, 3.63) is 29.6 Å². The predicted octanol–water partition coefficient (Wildman–Crippen LogP) is 2.34. The summed E-state index contributed by atoms with van der Waals surface area (Å²) < 4.78 is 5.42. The van der Waals surface area contributed by atoms with Crippen LogP contribution < -0.4 is 0 Å². The van der Waals surface area contributed by atoms with Gasteiger partial charge in [0, 0.05) is 13.2 Å². The number of H-pyrrole nitrogens is 1. The third-order valence-corrected chi connectivity index (χ3v) is 3.70. The van der Waals surface area contributed by atoms with Gasteiger partial charge >= 0.3 is 0 Å². The molecule has 1 N–H and O–H groups in total. The van der Waals surface area contributed by atoms with Crippen molar-refractivity contribution in [3.8, 4) is 0 Å². The van der Waals surface area contributed by atoms with Crippen LogP contribution in [-0.2, 0) is 11.3 Å². The Hall–Kier alpha value is -1.39. The molecular weight excluding hydrogens is 238 g/mol. The minimum atomic E-state index is 0.677. The fourth-order valence-electron chi connectivity index (χ4n) is 2.74. The monoisotopic (exact) mass is 259 g/mol. The first-order valence-electron chi connectivity index (χ1n) is 6.92. The van der Waals surface area contributed by atoms with Gasteiger partial charge in [0.05, 0.1) is 24.2 Å². The van der Waals surface area contributed by atoms with Gasteiger partial charge in [-0.15, -0.1) is 0 Å². The molecule has 2 heterocycles. The van der Waals surface area contributed by atoms with Crippen LogP contribution in [0, 0.1) is 12.8 Å². The van der Waals surface area contributed by atoms with Gasteiger partial charge in [-0.05, 0) is 44.0 Å². The Balaban J connectivity index is 1.66. The molecule has 1 aromatic heterocycles. The molecule has 1 aliphatic rings. The average Bonchev–Trinajstić information content (AvgIpc) is 2.97. The smallest absolute Gasteiger partial charge is 0.121 e. The maximum absolute atomic E-state index is 5.42. The SMILES string of the molecule is Cc1ccc2nc(CN(C)C[C@@H]3CCOC3)[nH]c2c1. The van der Waals surface area contributed by atoms with Crippen molar-refractivity contribution in [1.82, 2.24) is 14.9 Å². The van der Waals surface area contributed by atoms with Crippen LogP contribution in [0.3, 0.4) is 0 Å². The Morgan fingerprint density at radius 1 is 1.47 bits per heavy atom. The summed E-state index contributed by atoms with van der Waals surface area (Å²) in [6, 6.07) is 6.33. The zero-order valence-corrected chi connectivity index (χ0v) is 11.6. The third kappa shape index (κ3) is 2.96. The van der Waals surface area contributed by atoms with E-state index in [0.717, 1.165) is 43.2 Å². The summed E-state index contributed by atoms with van der Waals surface area (Å²) in [4.78, 5) is 10.4. The van der Waals surface area contributed by atoms with Gasteiger partial charge in [0.1, 0.15) is 5.82 Å². The first kappa shape index (κ1) is 12.6. The van der Waals surface area contributed by atoms with Crippen molar-refractivity contribution in [2.24, 2.45) is 5.92 Å². The van der Waals surface area contributed by atoms with E-state index in [1.54, 1.807) is 0 Å². The molecule has 102 valence electrons. The fraction of sp³-hybridized carbons (Fsp3) is 0.533. The zero-order valence-electron chi connectivity index (χ0n) is 11.6. The van der Waals surface area contributed by atoms with Gasteiger partial charge in [0.2, 0.25) is 0 Å². The Labute approximate surface area is 113 Å². The van der Waals surface area contributed by atoms with Crippen LogP contribution in [0.25, 0.3) is 11.0 Å². The summed E-state index contributed by atoms with van der Waals surface area (Å²) in [5.74, 6) is 1.72. The highest BCUT2D eigenvalue weighted by molar-refractivity contribution is 5.75. The lowest BCUT2D eigenvalue weighted by molar-refractivity contribution is 0.172. The number of nitrogens with zero attached hydrogens (tertiary/aromatic N) is 2. The Morgan fingerprint density at radius 2 is 2.37 bits per heavy atom. The molecule has 4 heteroatoms. The van der Waals surface area contributed by atoms with Crippen LogP contribution >= 0.6 is 0 Å². The van der Waals surface area contributed by atoms with Crippen molar-refractivity contribution in [3.63, 3.8) is 0 Å². The molecule has 0 radical (unpaired) electrons. The first-order chi connectivity index (χ1) is 9.20. The number of nitrogens with one attached hydrogen (secondary N) is 1. The van der Waals surface area contributed by atoms with Crippen LogP contribution in [0.5, 0.6) is 0 Å². The molecule has 0 unspecified atom stereocenters. The number of hydrogen-bond donors (Lipinski definition) is 1. The van der Waals surface area contributed by atoms with Gasteiger partial charge in [-0.3, -0.25) is 4.90 Å². The molecule has 3 rings (SSSR count). The second-order valence-electron chi connectivity index (χ2n) is 5.63. The normalized spacial score (nSPS) is 19.6. The van der Waals surface area contributed by atoms with Crippen molar-refractivity contribution >= 4 is 11.0 Å². The lowest BCUT2D eigenvalue weighted by Crippen LogP contribution is -2.26. The summed E-state index contributed by atoms with van der Waals surface area (Å²) in [5.41, 5.74) is 3.45. The van der Waals surface area contributed by atoms with Gasteiger partial charge in [-0.2, -0.15) is 0 Å². The quantitative estimate of drug-likeness (QED) is 0.916. The Morgan fingerprint density at radius 3 is 3.16 bits per heavy atom. The van der Waals surface area contributed by atoms with E-state index in [9.17, 15) is 0 Å². The van der Waals surface area contributed by atoms with Gasteiger partial charge in [-0.25, -0.2) is 4.98 Å². The molecule has 0 saturated carbocycles. The second-order valence-corrected chi connectivity index (χ2v) is 5.63. The maximum Gasteiger partial charge on any atom is 0.121 e. The molecule has 1 atom stereocenters. The lowest BCUT2D eigenvalue weighted by Gasteiger charge is -2.18. The zero-order chi connectivity index (χ0) is 13.2. The number of imidazole rings is 1. The standard InChI is InChI=1S/C15H21N3O/c1-11-3-4-13-14(7-11)17-15(16-13)9-18(2)8-12-5-6-19-10-12/h3-4,7,12H,5-6,8-10H2,1-2H3,(H,16,17)/t12-/m0/s1. The molecule has 1 aromatic carbocycles. The van der Waals surface area contributed by atoms with E-state index in [1.807, 2.05) is 0 Å². The summed E-state index contributed by atoms with van der Waals surface area (Å²) in [6.07, 6.45) is 1.18. The van der Waals surface area contributed by atoms with E-state index in [4.69, 9.17) is 4.74 Å². The van der Waals surface area contributed by atoms with Gasteiger partial charge in [0.15, 0.2) is 0 Å². The largest absolute Gasteiger partial charge is 0.381 e. The molecule has 0 spiro atoms. The molecule has 19 heavy (non-hydrogen) atoms. The molecule has 0 aliphatic carbocycles. The minimum absolute atomic E-state index is 0.677. The summed E-state index contributed by atoms with van der Waals surface area (Å²) in [6.45, 7) is 5.87. The molecule has 4 nitrogen and oxygen atoms in total. The van der Waals surface area contributed by atoms with E-state index in [1.165, 1.54) is 12.0 Å². The summed E-state index contributed by atoms with van der Waals surface area (Å²) >= 11 is 0. The second kappa shape index (κ2) is 5.31. The van der Waals surface area contributed by atoms with E-state index in [-0.39, 0.29) is 0 Å².